The molecule has 0 amide bonds. The van der Waals surface area contributed by atoms with Crippen molar-refractivity contribution in [1.82, 2.24) is 0 Å². The Morgan fingerprint density at radius 3 is 1.04 bits per heavy atom. The maximum atomic E-state index is 12.9. The number of ether oxygens (including phenoxy) is 3. The van der Waals surface area contributed by atoms with Gasteiger partial charge in [-0.15, -0.1) is 0 Å². The van der Waals surface area contributed by atoms with E-state index >= 15 is 0 Å². The largest absolute Gasteiger partial charge is 0.462 e. The maximum absolute atomic E-state index is 12.9. The minimum absolute atomic E-state index is 0.0845. The maximum Gasteiger partial charge on any atom is 0.306 e. The molecule has 0 aromatic rings. The lowest BCUT2D eigenvalue weighted by atomic mass is 10.0. The average Bonchev–Trinajstić information content (AvgIpc) is 3.36. The Bertz CT molecular complexity index is 1150. The fourth-order valence-electron chi connectivity index (χ4n) is 9.23. The standard InChI is InChI=1S/C65H120O5/c1-4-7-10-13-16-19-22-25-28-31-33-35-37-40-43-46-49-52-55-58-64(66)69-62-63(61-68-60-57-54-51-48-45-42-39-36-32-29-26-23-20-17-14-11-8-5-2)70-65(67)59-56-53-50-47-44-41-38-34-30-27-24-21-18-15-12-9-6-3/h9,12,18,21,26-27,29-30,63H,4-8,10-11,13-17,19-20,22-25,28,31-62H2,1-3H3/b12-9-,21-18-,29-26-,30-27-. The molecule has 0 rings (SSSR count). The summed E-state index contributed by atoms with van der Waals surface area (Å²) in [5, 5.41) is 0. The van der Waals surface area contributed by atoms with Crippen LogP contribution in [0.2, 0.25) is 0 Å². The number of unbranched alkanes of at least 4 members (excludes halogenated alkanes) is 39. The topological polar surface area (TPSA) is 61.8 Å². The van der Waals surface area contributed by atoms with Crippen LogP contribution in [0.1, 0.15) is 329 Å². The highest BCUT2D eigenvalue weighted by Gasteiger charge is 2.18. The summed E-state index contributed by atoms with van der Waals surface area (Å²) >= 11 is 0. The highest BCUT2D eigenvalue weighted by Crippen LogP contribution is 2.17. The minimum Gasteiger partial charge on any atom is -0.462 e. The summed E-state index contributed by atoms with van der Waals surface area (Å²) in [5.74, 6) is -0.390. The molecular weight excluding hydrogens is 861 g/mol. The van der Waals surface area contributed by atoms with Crippen molar-refractivity contribution in [2.24, 2.45) is 0 Å². The van der Waals surface area contributed by atoms with Gasteiger partial charge in [-0.2, -0.15) is 0 Å². The van der Waals surface area contributed by atoms with Crippen LogP contribution in [0.3, 0.4) is 0 Å². The Balaban J connectivity index is 4.25. The SMILES string of the molecule is CC/C=C\C/C=C\C/C=C\CCCCCCCCCC(=O)OC(COCCCCCCCCCC/C=C\CCCCCCCC)COC(=O)CCCCCCCCCCCCCCCCCCCCC. The van der Waals surface area contributed by atoms with E-state index in [1.54, 1.807) is 0 Å². The zero-order valence-electron chi connectivity index (χ0n) is 47.3. The highest BCUT2D eigenvalue weighted by molar-refractivity contribution is 5.70. The highest BCUT2D eigenvalue weighted by atomic mass is 16.6. The monoisotopic (exact) mass is 981 g/mol. The van der Waals surface area contributed by atoms with Gasteiger partial charge >= 0.3 is 11.9 Å². The van der Waals surface area contributed by atoms with Crippen LogP contribution in [0.4, 0.5) is 0 Å². The Morgan fingerprint density at radius 1 is 0.329 bits per heavy atom. The minimum atomic E-state index is -0.542. The molecule has 1 atom stereocenters. The molecule has 0 aliphatic carbocycles. The van der Waals surface area contributed by atoms with E-state index in [1.807, 2.05) is 0 Å². The summed E-state index contributed by atoms with van der Waals surface area (Å²) in [7, 11) is 0. The normalized spacial score (nSPS) is 12.4. The van der Waals surface area contributed by atoms with Gasteiger partial charge in [0, 0.05) is 19.4 Å². The molecule has 0 heterocycles. The quantitative estimate of drug-likeness (QED) is 0.0345. The molecule has 0 aliphatic rings. The molecule has 5 nitrogen and oxygen atoms in total. The van der Waals surface area contributed by atoms with E-state index in [0.29, 0.717) is 19.4 Å². The first-order valence-corrected chi connectivity index (χ1v) is 31.2. The fourth-order valence-corrected chi connectivity index (χ4v) is 9.23. The number of carbonyl (C=O) groups is 2. The van der Waals surface area contributed by atoms with Crippen molar-refractivity contribution in [2.45, 2.75) is 335 Å². The first-order chi connectivity index (χ1) is 34.6. The van der Waals surface area contributed by atoms with E-state index in [-0.39, 0.29) is 25.2 Å². The Labute approximate surface area is 437 Å². The first kappa shape index (κ1) is 67.9. The van der Waals surface area contributed by atoms with Gasteiger partial charge in [-0.25, -0.2) is 0 Å². The lowest BCUT2D eigenvalue weighted by Crippen LogP contribution is -2.30. The molecule has 0 fully saturated rings. The Morgan fingerprint density at radius 2 is 0.643 bits per heavy atom. The van der Waals surface area contributed by atoms with Crippen molar-refractivity contribution in [3.8, 4) is 0 Å². The summed E-state index contributed by atoms with van der Waals surface area (Å²) in [5.41, 5.74) is 0. The van der Waals surface area contributed by atoms with E-state index < -0.39 is 6.10 Å². The average molecular weight is 982 g/mol. The van der Waals surface area contributed by atoms with Gasteiger partial charge in [0.15, 0.2) is 6.10 Å². The van der Waals surface area contributed by atoms with Crippen molar-refractivity contribution in [2.75, 3.05) is 19.8 Å². The molecule has 0 aromatic carbocycles. The third-order valence-electron chi connectivity index (χ3n) is 13.8. The zero-order chi connectivity index (χ0) is 50.6. The van der Waals surface area contributed by atoms with E-state index in [2.05, 4.69) is 69.4 Å². The van der Waals surface area contributed by atoms with E-state index in [9.17, 15) is 9.59 Å². The van der Waals surface area contributed by atoms with Gasteiger partial charge in [0.25, 0.3) is 0 Å². The summed E-state index contributed by atoms with van der Waals surface area (Å²) < 4.78 is 17.5. The predicted octanol–water partition coefficient (Wildman–Crippen LogP) is 21.5. The van der Waals surface area contributed by atoms with Gasteiger partial charge in [0.05, 0.1) is 6.61 Å². The molecular formula is C65H120O5. The van der Waals surface area contributed by atoms with Crippen LogP contribution in [-0.2, 0) is 23.8 Å². The summed E-state index contributed by atoms with van der Waals surface area (Å²) in [4.78, 5) is 25.6. The van der Waals surface area contributed by atoms with Crippen molar-refractivity contribution < 1.29 is 23.8 Å². The summed E-state index contributed by atoms with van der Waals surface area (Å²) in [6.45, 7) is 7.76. The molecule has 0 saturated heterocycles. The molecule has 0 N–H and O–H groups in total. The van der Waals surface area contributed by atoms with Gasteiger partial charge < -0.3 is 14.2 Å². The van der Waals surface area contributed by atoms with Gasteiger partial charge in [-0.3, -0.25) is 9.59 Å². The van der Waals surface area contributed by atoms with Crippen LogP contribution >= 0.6 is 0 Å². The smallest absolute Gasteiger partial charge is 0.306 e. The lowest BCUT2D eigenvalue weighted by molar-refractivity contribution is -0.163. The molecule has 0 bridgehead atoms. The molecule has 410 valence electrons. The van der Waals surface area contributed by atoms with Crippen LogP contribution in [0, 0.1) is 0 Å². The van der Waals surface area contributed by atoms with Crippen LogP contribution in [-0.4, -0.2) is 37.9 Å². The number of carbonyl (C=O) groups excluding carboxylic acids is 2. The van der Waals surface area contributed by atoms with Crippen LogP contribution in [0.5, 0.6) is 0 Å². The van der Waals surface area contributed by atoms with Gasteiger partial charge in [0.1, 0.15) is 6.61 Å². The number of hydrogen-bond donors (Lipinski definition) is 0. The molecule has 1 unspecified atom stereocenters. The third-order valence-corrected chi connectivity index (χ3v) is 13.8. The molecule has 0 spiro atoms. The number of hydrogen-bond acceptors (Lipinski definition) is 5. The fraction of sp³-hybridized carbons (Fsp3) is 0.846. The third kappa shape index (κ3) is 58.4. The van der Waals surface area contributed by atoms with Crippen molar-refractivity contribution in [3.05, 3.63) is 48.6 Å². The van der Waals surface area contributed by atoms with E-state index in [1.165, 1.54) is 225 Å². The molecule has 5 heteroatoms. The van der Waals surface area contributed by atoms with Gasteiger partial charge in [-0.05, 0) is 77.0 Å². The zero-order valence-corrected chi connectivity index (χ0v) is 47.3. The lowest BCUT2D eigenvalue weighted by Gasteiger charge is -2.18. The van der Waals surface area contributed by atoms with Crippen molar-refractivity contribution in [3.63, 3.8) is 0 Å². The molecule has 0 aromatic heterocycles. The van der Waals surface area contributed by atoms with E-state index in [4.69, 9.17) is 14.2 Å². The van der Waals surface area contributed by atoms with Crippen molar-refractivity contribution in [1.29, 1.82) is 0 Å². The van der Waals surface area contributed by atoms with Gasteiger partial charge in [0.2, 0.25) is 0 Å². The summed E-state index contributed by atoms with van der Waals surface area (Å²) in [6.07, 6.45) is 77.2. The molecule has 0 aliphatic heterocycles. The van der Waals surface area contributed by atoms with Crippen LogP contribution < -0.4 is 0 Å². The number of rotatable bonds is 58. The second-order valence-corrected chi connectivity index (χ2v) is 20.9. The summed E-state index contributed by atoms with van der Waals surface area (Å²) in [6, 6.07) is 0. The second kappa shape index (κ2) is 61.2. The van der Waals surface area contributed by atoms with Crippen LogP contribution in [0.15, 0.2) is 48.6 Å². The molecule has 0 saturated carbocycles. The number of esters is 2. The second-order valence-electron chi connectivity index (χ2n) is 20.9. The Hall–Kier alpha value is -2.14. The predicted molar refractivity (Wildman–Crippen MR) is 307 cm³/mol. The molecule has 0 radical (unpaired) electrons. The Kier molecular flexibility index (Phi) is 59.3. The van der Waals surface area contributed by atoms with E-state index in [0.717, 1.165) is 70.6 Å². The first-order valence-electron chi connectivity index (χ1n) is 31.2. The van der Waals surface area contributed by atoms with Gasteiger partial charge in [-0.1, -0.05) is 288 Å². The van der Waals surface area contributed by atoms with Crippen molar-refractivity contribution >= 4 is 11.9 Å². The number of allylic oxidation sites excluding steroid dienone is 8. The molecule has 70 heavy (non-hydrogen) atoms. The van der Waals surface area contributed by atoms with Crippen LogP contribution in [0.25, 0.3) is 0 Å².